The maximum atomic E-state index is 15.5. The first-order valence-corrected chi connectivity index (χ1v) is 14.6. The normalized spacial score (nSPS) is 19.7. The van der Waals surface area contributed by atoms with Crippen molar-refractivity contribution in [2.45, 2.75) is 51.4 Å². The summed E-state index contributed by atoms with van der Waals surface area (Å²) in [5.41, 5.74) is 6.08. The minimum Gasteiger partial charge on any atom is -0.493 e. The number of carboxylic acid groups (broad SMARTS) is 1. The second-order valence-corrected chi connectivity index (χ2v) is 12.0. The summed E-state index contributed by atoms with van der Waals surface area (Å²) in [5, 5.41) is 9.20. The SMILES string of the molecule is COCc1cc(OCC2(C)COC2)cc(COC)c1-c1ccc(F)c2c1CC[C@H]2Oc1ccc2c(c1)OC[C@H]2CC(=O)O. The monoisotopic (exact) mass is 592 g/mol. The molecule has 6 rings (SSSR count). The van der Waals surface area contributed by atoms with E-state index < -0.39 is 12.1 Å². The molecule has 43 heavy (non-hydrogen) atoms. The maximum absolute atomic E-state index is 15.5. The van der Waals surface area contributed by atoms with Crippen molar-refractivity contribution >= 4 is 5.97 Å². The van der Waals surface area contributed by atoms with Gasteiger partial charge in [-0.25, -0.2) is 4.39 Å². The molecule has 0 aromatic heterocycles. The van der Waals surface area contributed by atoms with Crippen molar-refractivity contribution in [1.82, 2.24) is 0 Å². The zero-order valence-corrected chi connectivity index (χ0v) is 24.7. The van der Waals surface area contributed by atoms with Crippen molar-refractivity contribution in [3.8, 4) is 28.4 Å². The fourth-order valence-electron chi connectivity index (χ4n) is 6.39. The molecule has 2 aliphatic heterocycles. The van der Waals surface area contributed by atoms with Crippen LogP contribution in [0.15, 0.2) is 42.5 Å². The van der Waals surface area contributed by atoms with Gasteiger partial charge in [0.2, 0.25) is 0 Å². The number of carboxylic acids is 1. The van der Waals surface area contributed by atoms with Crippen molar-refractivity contribution in [1.29, 1.82) is 0 Å². The lowest BCUT2D eigenvalue weighted by atomic mass is 9.89. The summed E-state index contributed by atoms with van der Waals surface area (Å²) in [6.07, 6.45) is 0.789. The Bertz CT molecular complexity index is 1490. The third-order valence-electron chi connectivity index (χ3n) is 8.48. The lowest BCUT2D eigenvalue weighted by Crippen LogP contribution is -2.44. The molecule has 0 radical (unpaired) electrons. The number of ether oxygens (including phenoxy) is 6. The second kappa shape index (κ2) is 12.1. The van der Waals surface area contributed by atoms with E-state index in [0.717, 1.165) is 39.1 Å². The van der Waals surface area contributed by atoms with Crippen LogP contribution >= 0.6 is 0 Å². The fourth-order valence-corrected chi connectivity index (χ4v) is 6.39. The largest absolute Gasteiger partial charge is 0.493 e. The van der Waals surface area contributed by atoms with Crippen LogP contribution in [0, 0.1) is 11.2 Å². The van der Waals surface area contributed by atoms with Gasteiger partial charge < -0.3 is 33.5 Å². The molecule has 3 aromatic rings. The average Bonchev–Trinajstić information content (AvgIpc) is 3.56. The van der Waals surface area contributed by atoms with Crippen LogP contribution < -0.4 is 14.2 Å². The molecule has 2 heterocycles. The highest BCUT2D eigenvalue weighted by atomic mass is 19.1. The smallest absolute Gasteiger partial charge is 0.304 e. The van der Waals surface area contributed by atoms with Gasteiger partial charge in [0.1, 0.15) is 29.2 Å². The summed E-state index contributed by atoms with van der Waals surface area (Å²) in [6.45, 7) is 5.07. The number of methoxy groups -OCH3 is 2. The third-order valence-corrected chi connectivity index (χ3v) is 8.48. The minimum atomic E-state index is -0.863. The number of fused-ring (bicyclic) bond motifs is 2. The molecule has 0 unspecified atom stereocenters. The van der Waals surface area contributed by atoms with Crippen LogP contribution in [0.1, 0.15) is 59.6 Å². The summed E-state index contributed by atoms with van der Waals surface area (Å²) in [4.78, 5) is 11.2. The molecule has 228 valence electrons. The summed E-state index contributed by atoms with van der Waals surface area (Å²) in [5.74, 6) is 0.551. The van der Waals surface area contributed by atoms with E-state index in [1.54, 1.807) is 20.3 Å². The topological polar surface area (TPSA) is 92.7 Å². The number of carbonyl (C=O) groups is 1. The Hall–Kier alpha value is -3.66. The van der Waals surface area contributed by atoms with Crippen LogP contribution in [0.25, 0.3) is 11.1 Å². The maximum Gasteiger partial charge on any atom is 0.304 e. The number of rotatable bonds is 12. The predicted octanol–water partition coefficient (Wildman–Crippen LogP) is 6.22. The van der Waals surface area contributed by atoms with Gasteiger partial charge in [-0.05, 0) is 64.9 Å². The van der Waals surface area contributed by atoms with Gasteiger partial charge in [0.25, 0.3) is 0 Å². The van der Waals surface area contributed by atoms with Crippen LogP contribution in [0.5, 0.6) is 17.2 Å². The van der Waals surface area contributed by atoms with Crippen molar-refractivity contribution in [2.75, 3.05) is 40.6 Å². The van der Waals surface area contributed by atoms with Crippen LogP contribution in [0.4, 0.5) is 4.39 Å². The van der Waals surface area contributed by atoms with Crippen molar-refractivity contribution < 1.29 is 42.7 Å². The first-order valence-electron chi connectivity index (χ1n) is 14.6. The summed E-state index contributed by atoms with van der Waals surface area (Å²) in [6, 6.07) is 12.8. The molecule has 8 nitrogen and oxygen atoms in total. The molecule has 1 fully saturated rings. The minimum absolute atomic E-state index is 0.000557. The quantitative estimate of drug-likeness (QED) is 0.265. The first-order chi connectivity index (χ1) is 20.8. The first kappa shape index (κ1) is 29.4. The van der Waals surface area contributed by atoms with Gasteiger partial charge in [-0.2, -0.15) is 0 Å². The van der Waals surface area contributed by atoms with Crippen molar-refractivity contribution in [3.63, 3.8) is 0 Å². The Morgan fingerprint density at radius 3 is 2.44 bits per heavy atom. The zero-order valence-electron chi connectivity index (χ0n) is 24.7. The molecule has 2 atom stereocenters. The highest BCUT2D eigenvalue weighted by Crippen LogP contribution is 2.46. The standard InChI is InChI=1S/C34H37FO8/c1-34(17-40-18-34)19-42-24-10-21(14-38-2)32(22(11-24)15-39-3)26-6-8-28(35)33-27(26)7-9-29(33)43-23-4-5-25-20(12-31(36)37)16-41-30(25)13-23/h4-6,8,10-11,13,20,29H,7,9,12,14-19H2,1-3H3,(H,36,37)/t20-,29-/m1/s1. The zero-order chi connectivity index (χ0) is 30.1. The Labute approximate surface area is 250 Å². The summed E-state index contributed by atoms with van der Waals surface area (Å²) in [7, 11) is 3.31. The Balaban J connectivity index is 1.31. The number of benzene rings is 3. The molecule has 9 heteroatoms. The van der Waals surface area contributed by atoms with Gasteiger partial charge in [0, 0.05) is 42.7 Å². The number of hydrogen-bond acceptors (Lipinski definition) is 7. The molecular formula is C34H37FO8. The van der Waals surface area contributed by atoms with Gasteiger partial charge in [-0.15, -0.1) is 0 Å². The van der Waals surface area contributed by atoms with E-state index in [2.05, 4.69) is 6.92 Å². The lowest BCUT2D eigenvalue weighted by Gasteiger charge is -2.37. The van der Waals surface area contributed by atoms with E-state index in [1.807, 2.05) is 30.3 Å². The van der Waals surface area contributed by atoms with Gasteiger partial charge in [-0.3, -0.25) is 4.79 Å². The summed E-state index contributed by atoms with van der Waals surface area (Å²) >= 11 is 0. The van der Waals surface area contributed by atoms with Gasteiger partial charge in [0.15, 0.2) is 0 Å². The molecule has 1 aliphatic carbocycles. The number of hydrogen-bond donors (Lipinski definition) is 1. The van der Waals surface area contributed by atoms with Gasteiger partial charge in [0.05, 0.1) is 46.1 Å². The van der Waals surface area contributed by atoms with Gasteiger partial charge >= 0.3 is 5.97 Å². The van der Waals surface area contributed by atoms with Crippen LogP contribution in [0.2, 0.25) is 0 Å². The average molecular weight is 593 g/mol. The molecule has 3 aromatic carbocycles. The van der Waals surface area contributed by atoms with E-state index in [4.69, 9.17) is 28.4 Å². The van der Waals surface area contributed by atoms with Gasteiger partial charge in [-0.1, -0.05) is 19.1 Å². The number of aliphatic carboxylic acids is 1. The van der Waals surface area contributed by atoms with Crippen molar-refractivity contribution in [3.05, 3.63) is 76.1 Å². The molecule has 0 amide bonds. The van der Waals surface area contributed by atoms with E-state index in [1.165, 1.54) is 6.07 Å². The molecule has 0 bridgehead atoms. The number of halogens is 1. The molecule has 1 saturated heterocycles. The molecular weight excluding hydrogens is 555 g/mol. The van der Waals surface area contributed by atoms with E-state index in [0.29, 0.717) is 69.5 Å². The summed E-state index contributed by atoms with van der Waals surface area (Å²) < 4.78 is 50.4. The van der Waals surface area contributed by atoms with Crippen LogP contribution in [0.3, 0.4) is 0 Å². The highest BCUT2D eigenvalue weighted by Gasteiger charge is 2.35. The Kier molecular flexibility index (Phi) is 8.31. The molecule has 1 N–H and O–H groups in total. The lowest BCUT2D eigenvalue weighted by molar-refractivity contribution is -0.137. The second-order valence-electron chi connectivity index (χ2n) is 12.0. The predicted molar refractivity (Wildman–Crippen MR) is 156 cm³/mol. The fraction of sp³-hybridized carbons (Fsp3) is 0.441. The third kappa shape index (κ3) is 5.94. The van der Waals surface area contributed by atoms with Crippen LogP contribution in [-0.4, -0.2) is 51.7 Å². The van der Waals surface area contributed by atoms with E-state index in [9.17, 15) is 9.90 Å². The molecule has 3 aliphatic rings. The van der Waals surface area contributed by atoms with E-state index >= 15 is 4.39 Å². The molecule has 0 spiro atoms. The Morgan fingerprint density at radius 1 is 1.05 bits per heavy atom. The van der Waals surface area contributed by atoms with Crippen molar-refractivity contribution in [2.24, 2.45) is 5.41 Å². The molecule has 0 saturated carbocycles. The highest BCUT2D eigenvalue weighted by molar-refractivity contribution is 5.77. The Morgan fingerprint density at radius 2 is 1.79 bits per heavy atom. The van der Waals surface area contributed by atoms with E-state index in [-0.39, 0.29) is 23.6 Å². The van der Waals surface area contributed by atoms with Crippen LogP contribution in [-0.2, 0) is 38.6 Å².